The van der Waals surface area contributed by atoms with Gasteiger partial charge in [-0.3, -0.25) is 4.99 Å². The van der Waals surface area contributed by atoms with Gasteiger partial charge in [0, 0.05) is 26.1 Å². The molecule has 2 atom stereocenters. The van der Waals surface area contributed by atoms with Crippen molar-refractivity contribution >= 4 is 29.9 Å². The third-order valence-electron chi connectivity index (χ3n) is 3.45. The Balaban J connectivity index is 0.00000128. The largest absolute Gasteiger partial charge is 0.393 e. The zero-order valence-electron chi connectivity index (χ0n) is 9.85. The van der Waals surface area contributed by atoms with E-state index in [1.807, 2.05) is 0 Å². The first-order valence-corrected chi connectivity index (χ1v) is 5.95. The highest BCUT2D eigenvalue weighted by Gasteiger charge is 2.23. The van der Waals surface area contributed by atoms with E-state index in [2.05, 4.69) is 22.3 Å². The number of aliphatic hydroxyl groups is 1. The Morgan fingerprint density at radius 3 is 2.81 bits per heavy atom. The zero-order valence-corrected chi connectivity index (χ0v) is 12.2. The molecule has 2 aliphatic rings. The van der Waals surface area contributed by atoms with Crippen molar-refractivity contribution in [1.29, 1.82) is 0 Å². The van der Waals surface area contributed by atoms with Crippen LogP contribution in [0.1, 0.15) is 25.7 Å². The van der Waals surface area contributed by atoms with Crippen molar-refractivity contribution in [2.45, 2.75) is 31.8 Å². The summed E-state index contributed by atoms with van der Waals surface area (Å²) >= 11 is 0. The van der Waals surface area contributed by atoms with Gasteiger partial charge in [0.05, 0.1) is 12.6 Å². The highest BCUT2D eigenvalue weighted by molar-refractivity contribution is 14.0. The molecule has 1 heterocycles. The second-order valence-electron chi connectivity index (χ2n) is 4.62. The van der Waals surface area contributed by atoms with Gasteiger partial charge in [-0.15, -0.1) is 24.0 Å². The summed E-state index contributed by atoms with van der Waals surface area (Å²) in [4.78, 5) is 6.51. The normalized spacial score (nSPS) is 29.6. The van der Waals surface area contributed by atoms with Gasteiger partial charge in [0.25, 0.3) is 0 Å². The molecule has 0 unspecified atom stereocenters. The lowest BCUT2D eigenvalue weighted by Gasteiger charge is -2.28. The molecule has 0 amide bonds. The average molecular weight is 339 g/mol. The maximum absolute atomic E-state index is 9.82. The number of aliphatic imine (C=N–C) groups is 1. The minimum absolute atomic E-state index is 0. The van der Waals surface area contributed by atoms with Crippen molar-refractivity contribution in [1.82, 2.24) is 10.2 Å². The molecule has 1 saturated carbocycles. The number of rotatable bonds is 2. The molecule has 5 heteroatoms. The Bertz CT molecular complexity index is 247. The van der Waals surface area contributed by atoms with E-state index >= 15 is 0 Å². The summed E-state index contributed by atoms with van der Waals surface area (Å²) < 4.78 is 0. The summed E-state index contributed by atoms with van der Waals surface area (Å²) in [6, 6.07) is 0. The third kappa shape index (κ3) is 3.48. The van der Waals surface area contributed by atoms with Crippen LogP contribution in [0.3, 0.4) is 0 Å². The quantitative estimate of drug-likeness (QED) is 0.740. The fraction of sp³-hybridized carbons (Fsp3) is 0.909. The minimum atomic E-state index is -0.112. The van der Waals surface area contributed by atoms with Crippen molar-refractivity contribution in [3.63, 3.8) is 0 Å². The molecular formula is C11H22IN3O. The summed E-state index contributed by atoms with van der Waals surface area (Å²) in [5.41, 5.74) is 0. The molecule has 0 aromatic rings. The van der Waals surface area contributed by atoms with Crippen LogP contribution in [-0.4, -0.2) is 48.8 Å². The highest BCUT2D eigenvalue weighted by atomic mass is 127. The lowest BCUT2D eigenvalue weighted by molar-refractivity contribution is 0.0717. The standard InChI is InChI=1S/C11H21N3O.HI/c1-14-7-6-12-11(14)13-8-9-4-2-3-5-10(9)15;/h9-10,15H,2-8H2,1H3,(H,12,13);1H/t9-,10+;/m1./s1. The van der Waals surface area contributed by atoms with E-state index in [1.165, 1.54) is 12.8 Å². The maximum Gasteiger partial charge on any atom is 0.193 e. The minimum Gasteiger partial charge on any atom is -0.393 e. The summed E-state index contributed by atoms with van der Waals surface area (Å²) in [6.45, 7) is 2.77. The zero-order chi connectivity index (χ0) is 10.7. The molecule has 4 nitrogen and oxygen atoms in total. The molecule has 94 valence electrons. The SMILES string of the molecule is CN1CCN=C1NC[C@H]1CCCC[C@@H]1O.I. The number of hydrogen-bond acceptors (Lipinski definition) is 4. The smallest absolute Gasteiger partial charge is 0.193 e. The van der Waals surface area contributed by atoms with Crippen LogP contribution in [0, 0.1) is 5.92 Å². The second-order valence-corrected chi connectivity index (χ2v) is 4.62. The Morgan fingerprint density at radius 1 is 1.44 bits per heavy atom. The van der Waals surface area contributed by atoms with Crippen LogP contribution in [0.5, 0.6) is 0 Å². The molecule has 2 N–H and O–H groups in total. The van der Waals surface area contributed by atoms with Crippen LogP contribution in [-0.2, 0) is 0 Å². The average Bonchev–Trinajstić information content (AvgIpc) is 2.63. The van der Waals surface area contributed by atoms with Gasteiger partial charge in [-0.1, -0.05) is 12.8 Å². The van der Waals surface area contributed by atoms with Crippen molar-refractivity contribution < 1.29 is 5.11 Å². The first kappa shape index (κ1) is 14.0. The van der Waals surface area contributed by atoms with Crippen molar-refractivity contribution in [2.24, 2.45) is 10.9 Å². The molecule has 1 aliphatic carbocycles. The molecule has 0 bridgehead atoms. The molecule has 0 radical (unpaired) electrons. The number of aliphatic hydroxyl groups excluding tert-OH is 1. The predicted octanol–water partition coefficient (Wildman–Crippen LogP) is 1.05. The Hall–Kier alpha value is -0.0400. The number of guanidine groups is 1. The van der Waals surface area contributed by atoms with Gasteiger partial charge >= 0.3 is 0 Å². The topological polar surface area (TPSA) is 47.9 Å². The van der Waals surface area contributed by atoms with E-state index in [0.717, 1.165) is 38.4 Å². The Labute approximate surface area is 115 Å². The van der Waals surface area contributed by atoms with Gasteiger partial charge in [-0.05, 0) is 12.8 Å². The summed E-state index contributed by atoms with van der Waals surface area (Å²) in [5, 5.41) is 13.2. The van der Waals surface area contributed by atoms with E-state index < -0.39 is 0 Å². The van der Waals surface area contributed by atoms with Crippen molar-refractivity contribution in [2.75, 3.05) is 26.7 Å². The third-order valence-corrected chi connectivity index (χ3v) is 3.45. The molecule has 16 heavy (non-hydrogen) atoms. The number of nitrogens with zero attached hydrogens (tertiary/aromatic N) is 2. The highest BCUT2D eigenvalue weighted by Crippen LogP contribution is 2.23. The number of hydrogen-bond donors (Lipinski definition) is 2. The summed E-state index contributed by atoms with van der Waals surface area (Å²) in [7, 11) is 2.05. The van der Waals surface area contributed by atoms with Crippen LogP contribution < -0.4 is 5.32 Å². The molecule has 0 aromatic carbocycles. The molecule has 0 saturated heterocycles. The molecule has 2 rings (SSSR count). The summed E-state index contributed by atoms with van der Waals surface area (Å²) in [6.07, 6.45) is 4.43. The molecule has 0 spiro atoms. The molecular weight excluding hydrogens is 317 g/mol. The van der Waals surface area contributed by atoms with Gasteiger partial charge in [-0.25, -0.2) is 0 Å². The lowest BCUT2D eigenvalue weighted by atomic mass is 9.86. The number of halogens is 1. The van der Waals surface area contributed by atoms with Gasteiger partial charge in [0.15, 0.2) is 5.96 Å². The van der Waals surface area contributed by atoms with E-state index in [-0.39, 0.29) is 30.1 Å². The van der Waals surface area contributed by atoms with Crippen molar-refractivity contribution in [3.8, 4) is 0 Å². The summed E-state index contributed by atoms with van der Waals surface area (Å²) in [5.74, 6) is 1.41. The van der Waals surface area contributed by atoms with E-state index in [9.17, 15) is 5.11 Å². The molecule has 0 aromatic heterocycles. The Kier molecular flexibility index (Phi) is 5.82. The van der Waals surface area contributed by atoms with Gasteiger partial charge in [0.1, 0.15) is 0 Å². The fourth-order valence-electron chi connectivity index (χ4n) is 2.37. The Morgan fingerprint density at radius 2 is 2.19 bits per heavy atom. The van der Waals surface area contributed by atoms with Gasteiger partial charge < -0.3 is 15.3 Å². The maximum atomic E-state index is 9.82. The predicted molar refractivity (Wildman–Crippen MR) is 76.3 cm³/mol. The lowest BCUT2D eigenvalue weighted by Crippen LogP contribution is -2.41. The first-order chi connectivity index (χ1) is 7.27. The van der Waals surface area contributed by atoms with E-state index in [1.54, 1.807) is 0 Å². The monoisotopic (exact) mass is 339 g/mol. The molecule has 1 aliphatic heterocycles. The van der Waals surface area contributed by atoms with Crippen LogP contribution >= 0.6 is 24.0 Å². The van der Waals surface area contributed by atoms with Crippen LogP contribution in [0.2, 0.25) is 0 Å². The first-order valence-electron chi connectivity index (χ1n) is 5.95. The van der Waals surface area contributed by atoms with Gasteiger partial charge in [0.2, 0.25) is 0 Å². The molecule has 1 fully saturated rings. The fourth-order valence-corrected chi connectivity index (χ4v) is 2.37. The van der Waals surface area contributed by atoms with Crippen LogP contribution in [0.4, 0.5) is 0 Å². The van der Waals surface area contributed by atoms with Crippen LogP contribution in [0.25, 0.3) is 0 Å². The van der Waals surface area contributed by atoms with Crippen molar-refractivity contribution in [3.05, 3.63) is 0 Å². The number of nitrogens with one attached hydrogen (secondary N) is 1. The number of likely N-dealkylation sites (N-methyl/N-ethyl adjacent to an activating group) is 1. The van der Waals surface area contributed by atoms with Gasteiger partial charge in [-0.2, -0.15) is 0 Å². The van der Waals surface area contributed by atoms with E-state index in [0.29, 0.717) is 5.92 Å². The van der Waals surface area contributed by atoms with E-state index in [4.69, 9.17) is 0 Å². The van der Waals surface area contributed by atoms with Crippen LogP contribution in [0.15, 0.2) is 4.99 Å². The second kappa shape index (κ2) is 6.64.